The third kappa shape index (κ3) is 4.08. The van der Waals surface area contributed by atoms with Crippen LogP contribution in [0.2, 0.25) is 5.02 Å². The van der Waals surface area contributed by atoms with E-state index in [0.717, 1.165) is 42.2 Å². The van der Waals surface area contributed by atoms with Crippen molar-refractivity contribution in [2.24, 2.45) is 0 Å². The number of amides is 1. The van der Waals surface area contributed by atoms with E-state index in [1.807, 2.05) is 23.1 Å². The lowest BCUT2D eigenvalue weighted by atomic mass is 9.94. The number of rotatable bonds is 4. The largest absolute Gasteiger partial charge is 0.336 e. The molecule has 0 bridgehead atoms. The van der Waals surface area contributed by atoms with Gasteiger partial charge in [-0.05, 0) is 43.0 Å². The van der Waals surface area contributed by atoms with E-state index in [1.54, 1.807) is 18.5 Å². The summed E-state index contributed by atoms with van der Waals surface area (Å²) < 4.78 is 0. The summed E-state index contributed by atoms with van der Waals surface area (Å²) in [5.74, 6) is 0.888. The molecule has 1 aromatic heterocycles. The summed E-state index contributed by atoms with van der Waals surface area (Å²) in [5, 5.41) is 0.721. The Bertz CT molecular complexity index is 662. The van der Waals surface area contributed by atoms with E-state index in [-0.39, 0.29) is 11.9 Å². The molecule has 1 aliphatic rings. The second-order valence-electron chi connectivity index (χ2n) is 5.82. The number of likely N-dealkylation sites (tertiary alicyclic amines) is 1. The maximum Gasteiger partial charge on any atom is 0.223 e. The molecule has 1 fully saturated rings. The zero-order valence-electron chi connectivity index (χ0n) is 13.0. The summed E-state index contributed by atoms with van der Waals surface area (Å²) in [5.41, 5.74) is 1.13. The molecule has 0 N–H and O–H groups in total. The molecule has 120 valence electrons. The first kappa shape index (κ1) is 15.9. The van der Waals surface area contributed by atoms with Gasteiger partial charge in [0.05, 0.1) is 6.04 Å². The van der Waals surface area contributed by atoms with E-state index in [9.17, 15) is 4.79 Å². The zero-order chi connectivity index (χ0) is 16.1. The number of carbonyl (C=O) groups excluding carboxylic acids is 1. The minimum Gasteiger partial charge on any atom is -0.336 e. The number of piperidine rings is 1. The molecule has 1 aliphatic heterocycles. The average Bonchev–Trinajstić information content (AvgIpc) is 2.60. The van der Waals surface area contributed by atoms with Crippen LogP contribution >= 0.6 is 11.6 Å². The lowest BCUT2D eigenvalue weighted by Gasteiger charge is -2.36. The Labute approximate surface area is 141 Å². The lowest BCUT2D eigenvalue weighted by molar-refractivity contribution is -0.135. The molecule has 1 amide bonds. The standard InChI is InChI=1S/C18H20ClN3O/c19-15-6-3-5-14(13-15)16-7-1-2-12-22(16)18(23)9-8-17-20-10-4-11-21-17/h3-6,10-11,13,16H,1-2,7-9,12H2. The first-order valence-corrected chi connectivity index (χ1v) is 8.42. The van der Waals surface area contributed by atoms with Crippen molar-refractivity contribution in [3.05, 3.63) is 59.1 Å². The highest BCUT2D eigenvalue weighted by molar-refractivity contribution is 6.30. The van der Waals surface area contributed by atoms with E-state index in [1.165, 1.54) is 0 Å². The number of halogens is 1. The number of aryl methyl sites for hydroxylation is 1. The summed E-state index contributed by atoms with van der Waals surface area (Å²) in [6.07, 6.45) is 7.64. The van der Waals surface area contributed by atoms with Crippen LogP contribution in [0.1, 0.15) is 43.1 Å². The van der Waals surface area contributed by atoms with Crippen LogP contribution in [-0.2, 0) is 11.2 Å². The van der Waals surface area contributed by atoms with E-state index < -0.39 is 0 Å². The van der Waals surface area contributed by atoms with Gasteiger partial charge in [0.1, 0.15) is 5.82 Å². The van der Waals surface area contributed by atoms with Crippen LogP contribution in [0.15, 0.2) is 42.7 Å². The molecule has 0 spiro atoms. The minimum atomic E-state index is 0.131. The van der Waals surface area contributed by atoms with Crippen LogP contribution in [0.4, 0.5) is 0 Å². The van der Waals surface area contributed by atoms with Crippen LogP contribution in [-0.4, -0.2) is 27.3 Å². The second-order valence-corrected chi connectivity index (χ2v) is 6.26. The molecule has 1 aromatic carbocycles. The maximum absolute atomic E-state index is 12.7. The molecule has 4 nitrogen and oxygen atoms in total. The molecular weight excluding hydrogens is 310 g/mol. The monoisotopic (exact) mass is 329 g/mol. The summed E-state index contributed by atoms with van der Waals surface area (Å²) in [6.45, 7) is 0.811. The normalized spacial score (nSPS) is 18.0. The van der Waals surface area contributed by atoms with Gasteiger partial charge in [0, 0.05) is 36.8 Å². The van der Waals surface area contributed by atoms with Gasteiger partial charge in [-0.25, -0.2) is 9.97 Å². The van der Waals surface area contributed by atoms with Gasteiger partial charge in [0.15, 0.2) is 0 Å². The Morgan fingerprint density at radius 1 is 1.22 bits per heavy atom. The van der Waals surface area contributed by atoms with Crippen LogP contribution in [0.5, 0.6) is 0 Å². The molecule has 1 atom stereocenters. The topological polar surface area (TPSA) is 46.1 Å². The Balaban J connectivity index is 1.69. The van der Waals surface area contributed by atoms with Gasteiger partial charge in [0.2, 0.25) is 5.91 Å². The van der Waals surface area contributed by atoms with Crippen molar-refractivity contribution < 1.29 is 4.79 Å². The van der Waals surface area contributed by atoms with E-state index >= 15 is 0 Å². The van der Waals surface area contributed by atoms with Crippen LogP contribution in [0.3, 0.4) is 0 Å². The van der Waals surface area contributed by atoms with E-state index in [2.05, 4.69) is 16.0 Å². The molecule has 2 heterocycles. The van der Waals surface area contributed by atoms with Crippen molar-refractivity contribution >= 4 is 17.5 Å². The lowest BCUT2D eigenvalue weighted by Crippen LogP contribution is -2.38. The molecule has 2 aromatic rings. The van der Waals surface area contributed by atoms with Crippen LogP contribution in [0, 0.1) is 0 Å². The number of carbonyl (C=O) groups is 1. The summed E-state index contributed by atoms with van der Waals surface area (Å²) in [6, 6.07) is 9.76. The van der Waals surface area contributed by atoms with Gasteiger partial charge in [0.25, 0.3) is 0 Å². The van der Waals surface area contributed by atoms with Gasteiger partial charge in [-0.1, -0.05) is 23.7 Å². The summed E-state index contributed by atoms with van der Waals surface area (Å²) in [7, 11) is 0. The Kier molecular flexibility index (Phi) is 5.23. The number of benzene rings is 1. The maximum atomic E-state index is 12.7. The van der Waals surface area contributed by atoms with Gasteiger partial charge < -0.3 is 4.90 Å². The van der Waals surface area contributed by atoms with E-state index in [4.69, 9.17) is 11.6 Å². The molecule has 3 rings (SSSR count). The smallest absolute Gasteiger partial charge is 0.223 e. The van der Waals surface area contributed by atoms with Crippen molar-refractivity contribution in [3.8, 4) is 0 Å². The fourth-order valence-corrected chi connectivity index (χ4v) is 3.31. The Morgan fingerprint density at radius 2 is 2.04 bits per heavy atom. The molecular formula is C18H20ClN3O. The highest BCUT2D eigenvalue weighted by Gasteiger charge is 2.27. The molecule has 23 heavy (non-hydrogen) atoms. The van der Waals surface area contributed by atoms with Gasteiger partial charge >= 0.3 is 0 Å². The predicted octanol–water partition coefficient (Wildman–Crippen LogP) is 3.82. The predicted molar refractivity (Wildman–Crippen MR) is 90.1 cm³/mol. The number of hydrogen-bond donors (Lipinski definition) is 0. The van der Waals surface area contributed by atoms with Crippen molar-refractivity contribution in [2.75, 3.05) is 6.54 Å². The number of hydrogen-bond acceptors (Lipinski definition) is 3. The molecule has 5 heteroatoms. The molecule has 0 radical (unpaired) electrons. The SMILES string of the molecule is O=C(CCc1ncccn1)N1CCCCC1c1cccc(Cl)c1. The summed E-state index contributed by atoms with van der Waals surface area (Å²) in [4.78, 5) is 23.0. The van der Waals surface area contributed by atoms with Gasteiger partial charge in [-0.3, -0.25) is 4.79 Å². The highest BCUT2D eigenvalue weighted by atomic mass is 35.5. The molecule has 0 aliphatic carbocycles. The van der Waals surface area contributed by atoms with Crippen molar-refractivity contribution in [1.29, 1.82) is 0 Å². The zero-order valence-corrected chi connectivity index (χ0v) is 13.7. The number of nitrogens with zero attached hydrogens (tertiary/aromatic N) is 3. The third-order valence-corrected chi connectivity index (χ3v) is 4.47. The summed E-state index contributed by atoms with van der Waals surface area (Å²) >= 11 is 6.11. The van der Waals surface area contributed by atoms with Gasteiger partial charge in [-0.2, -0.15) is 0 Å². The van der Waals surface area contributed by atoms with E-state index in [0.29, 0.717) is 12.8 Å². The first-order chi connectivity index (χ1) is 11.2. The molecule has 1 unspecified atom stereocenters. The Morgan fingerprint density at radius 3 is 2.83 bits per heavy atom. The fourth-order valence-electron chi connectivity index (χ4n) is 3.11. The first-order valence-electron chi connectivity index (χ1n) is 8.05. The van der Waals surface area contributed by atoms with Crippen molar-refractivity contribution in [3.63, 3.8) is 0 Å². The number of aromatic nitrogens is 2. The minimum absolute atomic E-state index is 0.131. The third-order valence-electron chi connectivity index (χ3n) is 4.24. The van der Waals surface area contributed by atoms with Crippen LogP contribution in [0.25, 0.3) is 0 Å². The quantitative estimate of drug-likeness (QED) is 0.856. The Hall–Kier alpha value is -1.94. The van der Waals surface area contributed by atoms with Crippen LogP contribution < -0.4 is 0 Å². The van der Waals surface area contributed by atoms with Crippen molar-refractivity contribution in [1.82, 2.24) is 14.9 Å². The highest BCUT2D eigenvalue weighted by Crippen LogP contribution is 2.32. The second kappa shape index (κ2) is 7.55. The molecule has 1 saturated heterocycles. The van der Waals surface area contributed by atoms with Gasteiger partial charge in [-0.15, -0.1) is 0 Å². The van der Waals surface area contributed by atoms with Crippen molar-refractivity contribution in [2.45, 2.75) is 38.1 Å². The fraction of sp³-hybridized carbons (Fsp3) is 0.389. The molecule has 0 saturated carbocycles. The average molecular weight is 330 g/mol.